The average molecular weight is 595 g/mol. The van der Waals surface area contributed by atoms with Gasteiger partial charge in [0, 0.05) is 61.2 Å². The number of nitrogens with one attached hydrogen (secondary N) is 1. The van der Waals surface area contributed by atoms with Crippen molar-refractivity contribution in [3.8, 4) is 35.4 Å². The van der Waals surface area contributed by atoms with Crippen molar-refractivity contribution in [1.29, 1.82) is 0 Å². The molecule has 0 amide bonds. The van der Waals surface area contributed by atoms with Gasteiger partial charge in [-0.15, -0.1) is 6.42 Å². The molecule has 2 N–H and O–H groups in total. The number of aromatic hydroxyl groups is 1. The number of hydrogen-bond acceptors (Lipinski definition) is 9. The van der Waals surface area contributed by atoms with Crippen LogP contribution in [0, 0.1) is 23.6 Å². The predicted octanol–water partition coefficient (Wildman–Crippen LogP) is 4.10. The zero-order chi connectivity index (χ0) is 29.8. The quantitative estimate of drug-likeness (QED) is 0.307. The molecule has 5 heterocycles. The molecule has 3 aliphatic heterocycles. The minimum atomic E-state index is -0.493. The first kappa shape index (κ1) is 27.5. The Morgan fingerprint density at radius 2 is 1.86 bits per heavy atom. The molecule has 1 saturated carbocycles. The maximum absolute atomic E-state index is 14.8. The number of anilines is 1. The van der Waals surface area contributed by atoms with Gasteiger partial charge in [0.15, 0.2) is 5.65 Å². The first-order valence-electron chi connectivity index (χ1n) is 15.5. The fraction of sp³-hybridized carbons (Fsp3) is 0.441. The summed E-state index contributed by atoms with van der Waals surface area (Å²) in [6.45, 7) is 6.69. The molecule has 2 aromatic carbocycles. The molecule has 4 fully saturated rings. The smallest absolute Gasteiger partial charge is 0.320 e. The number of benzene rings is 2. The summed E-state index contributed by atoms with van der Waals surface area (Å²) in [5.74, 6) is 2.86. The third kappa shape index (κ3) is 5.09. The van der Waals surface area contributed by atoms with Crippen molar-refractivity contribution in [1.82, 2.24) is 25.2 Å². The lowest BCUT2D eigenvalue weighted by Crippen LogP contribution is -2.51. The molecule has 1 aliphatic carbocycles. The number of ether oxygens (including phenoxy) is 2. The Balaban J connectivity index is 1.19. The number of halogens is 1. The lowest BCUT2D eigenvalue weighted by Gasteiger charge is -2.34. The van der Waals surface area contributed by atoms with E-state index in [1.54, 1.807) is 18.2 Å². The molecule has 8 rings (SSSR count). The second kappa shape index (κ2) is 10.8. The number of terminal acetylenes is 1. The molecule has 4 aliphatic rings. The van der Waals surface area contributed by atoms with E-state index in [2.05, 4.69) is 21.0 Å². The maximum atomic E-state index is 14.8. The molecule has 0 radical (unpaired) electrons. The van der Waals surface area contributed by atoms with E-state index >= 15 is 0 Å². The second-order valence-corrected chi connectivity index (χ2v) is 12.8. The summed E-state index contributed by atoms with van der Waals surface area (Å²) in [6, 6.07) is 11.1. The van der Waals surface area contributed by atoms with Gasteiger partial charge in [0.05, 0.1) is 36.5 Å². The zero-order valence-corrected chi connectivity index (χ0v) is 24.6. The van der Waals surface area contributed by atoms with Gasteiger partial charge in [0.25, 0.3) is 0 Å². The minimum absolute atomic E-state index is 0.0441. The van der Waals surface area contributed by atoms with Crippen LogP contribution >= 0.6 is 0 Å². The largest absolute Gasteiger partial charge is 0.508 e. The first-order chi connectivity index (χ1) is 21.5. The van der Waals surface area contributed by atoms with E-state index in [9.17, 15) is 9.50 Å². The number of pyridine rings is 1. The second-order valence-electron chi connectivity index (χ2n) is 12.8. The van der Waals surface area contributed by atoms with Gasteiger partial charge in [0.1, 0.15) is 17.4 Å². The van der Waals surface area contributed by atoms with Gasteiger partial charge in [-0.25, -0.2) is 9.37 Å². The zero-order valence-electron chi connectivity index (χ0n) is 24.6. The number of fused-ring (bicyclic) bond motifs is 4. The summed E-state index contributed by atoms with van der Waals surface area (Å²) in [7, 11) is 0. The molecule has 3 saturated heterocycles. The SMILES string of the molecule is C#Cc1c(F)ccc2cc(O)cc(-c3ccc4c(N5CC6CCC(C5)N6)nc(OCC5(CN6CCOCC6)CC5)nc4n3)c12. The summed E-state index contributed by atoms with van der Waals surface area (Å²) in [5.41, 5.74) is 1.80. The van der Waals surface area contributed by atoms with Crippen LogP contribution in [-0.2, 0) is 4.74 Å². The minimum Gasteiger partial charge on any atom is -0.508 e. The summed E-state index contributed by atoms with van der Waals surface area (Å²) in [5, 5.41) is 16.2. The van der Waals surface area contributed by atoms with Gasteiger partial charge in [-0.3, -0.25) is 4.90 Å². The van der Waals surface area contributed by atoms with Crippen LogP contribution in [0.15, 0.2) is 36.4 Å². The number of aromatic nitrogens is 3. The Bertz CT molecular complexity index is 1790. The highest BCUT2D eigenvalue weighted by atomic mass is 19.1. The Kier molecular flexibility index (Phi) is 6.78. The molecular formula is C34H35FN6O3. The molecular weight excluding hydrogens is 559 g/mol. The molecule has 4 aromatic rings. The molecule has 0 spiro atoms. The molecule has 2 bridgehead atoms. The molecule has 9 nitrogen and oxygen atoms in total. The molecule has 44 heavy (non-hydrogen) atoms. The maximum Gasteiger partial charge on any atom is 0.320 e. The van der Waals surface area contributed by atoms with Gasteiger partial charge in [-0.2, -0.15) is 9.97 Å². The number of phenols is 1. The Hall–Kier alpha value is -4.04. The highest BCUT2D eigenvalue weighted by Crippen LogP contribution is 2.47. The van der Waals surface area contributed by atoms with Crippen LogP contribution in [0.4, 0.5) is 10.2 Å². The third-order valence-corrected chi connectivity index (χ3v) is 9.63. The van der Waals surface area contributed by atoms with Crippen LogP contribution in [0.5, 0.6) is 11.8 Å². The van der Waals surface area contributed by atoms with E-state index in [4.69, 9.17) is 30.8 Å². The topological polar surface area (TPSA) is 95.9 Å². The Labute approximate surface area is 255 Å². The number of hydrogen-bond donors (Lipinski definition) is 2. The van der Waals surface area contributed by atoms with E-state index in [1.807, 2.05) is 12.1 Å². The van der Waals surface area contributed by atoms with Gasteiger partial charge in [0.2, 0.25) is 0 Å². The van der Waals surface area contributed by atoms with Crippen LogP contribution in [0.2, 0.25) is 0 Å². The van der Waals surface area contributed by atoms with Crippen molar-refractivity contribution in [2.45, 2.75) is 37.8 Å². The van der Waals surface area contributed by atoms with Gasteiger partial charge in [-0.05, 0) is 61.4 Å². The van der Waals surface area contributed by atoms with E-state index in [0.717, 1.165) is 82.8 Å². The van der Waals surface area contributed by atoms with Crippen molar-refractivity contribution < 1.29 is 19.0 Å². The Morgan fingerprint density at radius 3 is 2.61 bits per heavy atom. The lowest BCUT2D eigenvalue weighted by molar-refractivity contribution is 0.0231. The van der Waals surface area contributed by atoms with Crippen molar-refractivity contribution in [3.05, 3.63) is 47.8 Å². The molecule has 2 unspecified atom stereocenters. The molecule has 226 valence electrons. The molecule has 2 atom stereocenters. The van der Waals surface area contributed by atoms with Crippen molar-refractivity contribution in [2.24, 2.45) is 5.41 Å². The van der Waals surface area contributed by atoms with Gasteiger partial charge in [-0.1, -0.05) is 12.0 Å². The van der Waals surface area contributed by atoms with E-state index in [0.29, 0.717) is 52.4 Å². The summed E-state index contributed by atoms with van der Waals surface area (Å²) in [4.78, 5) is 19.5. The third-order valence-electron chi connectivity index (χ3n) is 9.63. The fourth-order valence-corrected chi connectivity index (χ4v) is 7.14. The monoisotopic (exact) mass is 594 g/mol. The van der Waals surface area contributed by atoms with Gasteiger partial charge >= 0.3 is 6.01 Å². The number of morpholine rings is 1. The fourth-order valence-electron chi connectivity index (χ4n) is 7.14. The summed E-state index contributed by atoms with van der Waals surface area (Å²) in [6.07, 6.45) is 10.3. The highest BCUT2D eigenvalue weighted by Gasteiger charge is 2.45. The normalized spacial score (nSPS) is 22.8. The average Bonchev–Trinajstić information content (AvgIpc) is 3.72. The standard InChI is InChI=1S/C34H35FN6O3/c1-2-25-28(35)7-3-21-15-24(42)16-27(30(21)25)29-8-6-26-31(37-29)38-33(39-32(26)41-17-22-4-5-23(18-41)36-22)44-20-34(9-10-34)19-40-11-13-43-14-12-40/h1,3,6-8,15-16,22-23,36,42H,4-5,9-14,17-20H2. The molecule has 10 heteroatoms. The van der Waals surface area contributed by atoms with Crippen molar-refractivity contribution in [2.75, 3.05) is 57.4 Å². The van der Waals surface area contributed by atoms with Crippen LogP contribution in [-0.4, -0.2) is 89.6 Å². The predicted molar refractivity (Wildman–Crippen MR) is 166 cm³/mol. The van der Waals surface area contributed by atoms with Crippen LogP contribution < -0.4 is 15.0 Å². The Morgan fingerprint density at radius 1 is 1.07 bits per heavy atom. The van der Waals surface area contributed by atoms with Crippen molar-refractivity contribution >= 4 is 27.6 Å². The first-order valence-corrected chi connectivity index (χ1v) is 15.5. The lowest BCUT2D eigenvalue weighted by atomic mass is 9.96. The summed E-state index contributed by atoms with van der Waals surface area (Å²) >= 11 is 0. The number of nitrogens with zero attached hydrogens (tertiary/aromatic N) is 5. The van der Waals surface area contributed by atoms with E-state index < -0.39 is 5.82 Å². The van der Waals surface area contributed by atoms with Crippen LogP contribution in [0.25, 0.3) is 33.1 Å². The number of phenolic OH excluding ortho intramolecular Hbond substituents is 1. The number of rotatable bonds is 7. The van der Waals surface area contributed by atoms with E-state index in [-0.39, 0.29) is 16.7 Å². The molecule has 2 aromatic heterocycles. The highest BCUT2D eigenvalue weighted by molar-refractivity contribution is 6.02. The summed E-state index contributed by atoms with van der Waals surface area (Å²) < 4.78 is 26.7. The van der Waals surface area contributed by atoms with Gasteiger partial charge < -0.3 is 24.8 Å². The van der Waals surface area contributed by atoms with Crippen molar-refractivity contribution in [3.63, 3.8) is 0 Å². The number of piperazine rings is 1. The van der Waals surface area contributed by atoms with Crippen LogP contribution in [0.1, 0.15) is 31.2 Å². The van der Waals surface area contributed by atoms with Crippen LogP contribution in [0.3, 0.4) is 0 Å². The van der Waals surface area contributed by atoms with E-state index in [1.165, 1.54) is 6.07 Å².